The van der Waals surface area contributed by atoms with E-state index in [0.717, 1.165) is 34.9 Å². The summed E-state index contributed by atoms with van der Waals surface area (Å²) in [6.45, 7) is 1.40. The smallest absolute Gasteiger partial charge is 0.0501 e. The Kier molecular flexibility index (Phi) is 5.10. The number of nitrogens with zero attached hydrogens (tertiary/aromatic N) is 2. The molecule has 0 saturated heterocycles. The van der Waals surface area contributed by atoms with Gasteiger partial charge in [-0.2, -0.15) is 0 Å². The topological polar surface area (TPSA) is 55.9 Å². The Morgan fingerprint density at radius 2 is 1.85 bits per heavy atom. The number of anilines is 2. The van der Waals surface area contributed by atoms with Crippen LogP contribution in [0.3, 0.4) is 0 Å². The summed E-state index contributed by atoms with van der Waals surface area (Å²) >= 11 is 6.24. The van der Waals surface area contributed by atoms with Crippen LogP contribution >= 0.6 is 11.6 Å². The van der Waals surface area contributed by atoms with Gasteiger partial charge in [-0.1, -0.05) is 29.8 Å². The summed E-state index contributed by atoms with van der Waals surface area (Å²) < 4.78 is 2.25. The van der Waals surface area contributed by atoms with Gasteiger partial charge in [0.05, 0.1) is 5.52 Å². The van der Waals surface area contributed by atoms with Gasteiger partial charge in [-0.05, 0) is 60.5 Å². The lowest BCUT2D eigenvalue weighted by Crippen LogP contribution is -2.02. The Morgan fingerprint density at radius 3 is 2.67 bits per heavy atom. The van der Waals surface area contributed by atoms with Gasteiger partial charge in [0.1, 0.15) is 0 Å². The third-order valence-electron chi connectivity index (χ3n) is 4.59. The van der Waals surface area contributed by atoms with E-state index in [4.69, 9.17) is 17.3 Å². The number of halogens is 1. The molecule has 5 heteroatoms. The number of hydrogen-bond acceptors (Lipinski definition) is 3. The predicted octanol–water partition coefficient (Wildman–Crippen LogP) is 4.98. The SMILES string of the molecule is NCCc1cn(Cc2cccc(Nc3ccncc3)c2)c2cc(Cl)ccc12. The van der Waals surface area contributed by atoms with Crippen molar-refractivity contribution in [3.63, 3.8) is 0 Å². The highest BCUT2D eigenvalue weighted by molar-refractivity contribution is 6.31. The first kappa shape index (κ1) is 17.6. The number of benzene rings is 2. The number of fused-ring (bicyclic) bond motifs is 1. The van der Waals surface area contributed by atoms with Crippen molar-refractivity contribution in [1.82, 2.24) is 9.55 Å². The number of hydrogen-bond donors (Lipinski definition) is 2. The average Bonchev–Trinajstić information content (AvgIpc) is 3.00. The van der Waals surface area contributed by atoms with E-state index in [0.29, 0.717) is 6.54 Å². The van der Waals surface area contributed by atoms with Gasteiger partial charge in [0.15, 0.2) is 0 Å². The summed E-state index contributed by atoms with van der Waals surface area (Å²) in [6, 6.07) is 18.4. The summed E-state index contributed by atoms with van der Waals surface area (Å²) in [5, 5.41) is 5.38. The predicted molar refractivity (Wildman–Crippen MR) is 113 cm³/mol. The number of nitrogens with two attached hydrogens (primary N) is 1. The zero-order chi connectivity index (χ0) is 18.6. The molecule has 0 bridgehead atoms. The lowest BCUT2D eigenvalue weighted by atomic mass is 10.1. The molecule has 3 N–H and O–H groups in total. The molecule has 4 rings (SSSR count). The van der Waals surface area contributed by atoms with E-state index in [1.54, 1.807) is 12.4 Å². The second kappa shape index (κ2) is 7.82. The number of aromatic nitrogens is 2. The third-order valence-corrected chi connectivity index (χ3v) is 4.82. The van der Waals surface area contributed by atoms with Gasteiger partial charge in [-0.25, -0.2) is 0 Å². The van der Waals surface area contributed by atoms with Crippen molar-refractivity contribution in [2.75, 3.05) is 11.9 Å². The molecule has 4 nitrogen and oxygen atoms in total. The quantitative estimate of drug-likeness (QED) is 0.498. The molecule has 0 fully saturated rings. The van der Waals surface area contributed by atoms with E-state index < -0.39 is 0 Å². The summed E-state index contributed by atoms with van der Waals surface area (Å²) in [5.41, 5.74) is 11.5. The zero-order valence-electron chi connectivity index (χ0n) is 14.9. The molecule has 0 aliphatic heterocycles. The second-order valence-electron chi connectivity index (χ2n) is 6.54. The fourth-order valence-corrected chi connectivity index (χ4v) is 3.54. The van der Waals surface area contributed by atoms with Crippen LogP contribution in [0.5, 0.6) is 0 Å². The van der Waals surface area contributed by atoms with E-state index in [-0.39, 0.29) is 0 Å². The fourth-order valence-electron chi connectivity index (χ4n) is 3.37. The fraction of sp³-hybridized carbons (Fsp3) is 0.136. The summed E-state index contributed by atoms with van der Waals surface area (Å²) in [5.74, 6) is 0. The highest BCUT2D eigenvalue weighted by atomic mass is 35.5. The normalized spacial score (nSPS) is 11.0. The second-order valence-corrected chi connectivity index (χ2v) is 6.98. The molecule has 0 atom stereocenters. The molecule has 0 aliphatic carbocycles. The van der Waals surface area contributed by atoms with Gasteiger partial charge in [-0.3, -0.25) is 4.98 Å². The summed E-state index contributed by atoms with van der Waals surface area (Å²) in [4.78, 5) is 4.05. The van der Waals surface area contributed by atoms with Crippen LogP contribution in [0, 0.1) is 0 Å². The molecule has 0 unspecified atom stereocenters. The molecule has 0 spiro atoms. The van der Waals surface area contributed by atoms with Crippen molar-refractivity contribution in [3.05, 3.63) is 89.3 Å². The van der Waals surface area contributed by atoms with Crippen molar-refractivity contribution in [1.29, 1.82) is 0 Å². The van der Waals surface area contributed by atoms with Crippen molar-refractivity contribution >= 4 is 33.9 Å². The molecule has 0 saturated carbocycles. The Labute approximate surface area is 163 Å². The molecule has 4 aromatic rings. The molecule has 2 aromatic carbocycles. The molecular formula is C22H21ClN4. The van der Waals surface area contributed by atoms with E-state index >= 15 is 0 Å². The third kappa shape index (κ3) is 3.97. The minimum Gasteiger partial charge on any atom is -0.355 e. The molecule has 0 aliphatic rings. The van der Waals surface area contributed by atoms with Gasteiger partial charge in [0.2, 0.25) is 0 Å². The van der Waals surface area contributed by atoms with Crippen LogP contribution in [-0.2, 0) is 13.0 Å². The van der Waals surface area contributed by atoms with Crippen LogP contribution in [0.2, 0.25) is 5.02 Å². The van der Waals surface area contributed by atoms with Crippen LogP contribution in [0.15, 0.2) is 73.2 Å². The van der Waals surface area contributed by atoms with Crippen molar-refractivity contribution in [2.45, 2.75) is 13.0 Å². The number of rotatable bonds is 6. The average molecular weight is 377 g/mol. The first-order valence-electron chi connectivity index (χ1n) is 8.96. The molecule has 2 aromatic heterocycles. The van der Waals surface area contributed by atoms with Gasteiger partial charge in [0.25, 0.3) is 0 Å². The van der Waals surface area contributed by atoms with E-state index in [2.05, 4.69) is 51.4 Å². The Balaban J connectivity index is 1.64. The van der Waals surface area contributed by atoms with Gasteiger partial charge >= 0.3 is 0 Å². The first-order chi connectivity index (χ1) is 13.2. The van der Waals surface area contributed by atoms with Crippen LogP contribution in [-0.4, -0.2) is 16.1 Å². The van der Waals surface area contributed by atoms with Crippen LogP contribution < -0.4 is 11.1 Å². The maximum absolute atomic E-state index is 6.24. The van der Waals surface area contributed by atoms with E-state index in [1.165, 1.54) is 16.5 Å². The molecular weight excluding hydrogens is 356 g/mol. The van der Waals surface area contributed by atoms with Crippen molar-refractivity contribution in [3.8, 4) is 0 Å². The Bertz CT molecular complexity index is 1060. The lowest BCUT2D eigenvalue weighted by molar-refractivity contribution is 0.827. The lowest BCUT2D eigenvalue weighted by Gasteiger charge is -2.10. The maximum Gasteiger partial charge on any atom is 0.0501 e. The molecule has 136 valence electrons. The Morgan fingerprint density at radius 1 is 1.00 bits per heavy atom. The minimum absolute atomic E-state index is 0.632. The van der Waals surface area contributed by atoms with E-state index in [9.17, 15) is 0 Å². The van der Waals surface area contributed by atoms with Gasteiger partial charge in [0, 0.05) is 46.9 Å². The van der Waals surface area contributed by atoms with Crippen LogP contribution in [0.25, 0.3) is 10.9 Å². The monoisotopic (exact) mass is 376 g/mol. The van der Waals surface area contributed by atoms with Crippen molar-refractivity contribution < 1.29 is 0 Å². The first-order valence-corrected chi connectivity index (χ1v) is 9.34. The largest absolute Gasteiger partial charge is 0.355 e. The van der Waals surface area contributed by atoms with Crippen LogP contribution in [0.1, 0.15) is 11.1 Å². The number of pyridine rings is 1. The maximum atomic E-state index is 6.24. The molecule has 27 heavy (non-hydrogen) atoms. The van der Waals surface area contributed by atoms with E-state index in [1.807, 2.05) is 24.3 Å². The van der Waals surface area contributed by atoms with Gasteiger partial charge < -0.3 is 15.6 Å². The van der Waals surface area contributed by atoms with Crippen molar-refractivity contribution in [2.24, 2.45) is 5.73 Å². The highest BCUT2D eigenvalue weighted by Gasteiger charge is 2.09. The molecule has 2 heterocycles. The Hall–Kier alpha value is -2.82. The summed E-state index contributed by atoms with van der Waals surface area (Å²) in [7, 11) is 0. The summed E-state index contributed by atoms with van der Waals surface area (Å²) in [6.07, 6.45) is 6.60. The minimum atomic E-state index is 0.632. The number of nitrogens with one attached hydrogen (secondary N) is 1. The standard InChI is InChI=1S/C22H21ClN4/c23-18-4-5-21-17(6-9-24)15-27(22(21)13-18)14-16-2-1-3-20(12-16)26-19-7-10-25-11-8-19/h1-5,7-8,10-13,15H,6,9,14,24H2,(H,25,26). The van der Waals surface area contributed by atoms with Crippen LogP contribution in [0.4, 0.5) is 11.4 Å². The molecule has 0 amide bonds. The van der Waals surface area contributed by atoms with Gasteiger partial charge in [-0.15, -0.1) is 0 Å². The highest BCUT2D eigenvalue weighted by Crippen LogP contribution is 2.26. The molecule has 0 radical (unpaired) electrons. The zero-order valence-corrected chi connectivity index (χ0v) is 15.7.